The second-order valence-corrected chi connectivity index (χ2v) is 5.07. The molecule has 0 amide bonds. The first kappa shape index (κ1) is 15.4. The van der Waals surface area contributed by atoms with Gasteiger partial charge in [-0.15, -0.1) is 0 Å². The number of ketones is 1. The zero-order chi connectivity index (χ0) is 15.6. The van der Waals surface area contributed by atoms with Crippen LogP contribution < -0.4 is 0 Å². The number of hydrogen-bond donors (Lipinski definition) is 0. The van der Waals surface area contributed by atoms with Gasteiger partial charge in [0, 0.05) is 29.1 Å². The Hall–Kier alpha value is -1.98. The van der Waals surface area contributed by atoms with E-state index in [2.05, 4.69) is 0 Å². The highest BCUT2D eigenvalue weighted by molar-refractivity contribution is 6.34. The molecule has 0 fully saturated rings. The summed E-state index contributed by atoms with van der Waals surface area (Å²) >= 11 is 11.7. The van der Waals surface area contributed by atoms with E-state index in [0.717, 1.165) is 12.1 Å². The van der Waals surface area contributed by atoms with Crippen LogP contribution in [-0.2, 0) is 6.42 Å². The Labute approximate surface area is 129 Å². The molecule has 0 atom stereocenters. The van der Waals surface area contributed by atoms with Crippen LogP contribution in [0.1, 0.15) is 15.9 Å². The fourth-order valence-corrected chi connectivity index (χ4v) is 2.23. The van der Waals surface area contributed by atoms with Crippen LogP contribution in [0.15, 0.2) is 36.4 Å². The molecular formula is C14H8Cl2FNO3. The van der Waals surface area contributed by atoms with Crippen molar-refractivity contribution < 1.29 is 14.1 Å². The van der Waals surface area contributed by atoms with Crippen LogP contribution in [0.2, 0.25) is 10.0 Å². The molecule has 2 aromatic rings. The molecule has 7 heteroatoms. The maximum Gasteiger partial charge on any atom is 0.270 e. The van der Waals surface area contributed by atoms with Crippen molar-refractivity contribution in [3.8, 4) is 0 Å². The van der Waals surface area contributed by atoms with Crippen molar-refractivity contribution >= 4 is 34.7 Å². The van der Waals surface area contributed by atoms with Gasteiger partial charge >= 0.3 is 0 Å². The summed E-state index contributed by atoms with van der Waals surface area (Å²) in [6, 6.07) is 7.29. The highest BCUT2D eigenvalue weighted by Crippen LogP contribution is 2.25. The topological polar surface area (TPSA) is 60.2 Å². The van der Waals surface area contributed by atoms with E-state index in [-0.39, 0.29) is 27.7 Å². The normalized spacial score (nSPS) is 10.4. The molecule has 0 aliphatic heterocycles. The van der Waals surface area contributed by atoms with Crippen LogP contribution in [0, 0.1) is 15.9 Å². The average molecular weight is 328 g/mol. The van der Waals surface area contributed by atoms with Gasteiger partial charge in [-0.1, -0.05) is 29.3 Å². The summed E-state index contributed by atoms with van der Waals surface area (Å²) in [6.45, 7) is 0. The summed E-state index contributed by atoms with van der Waals surface area (Å²) in [4.78, 5) is 22.3. The van der Waals surface area contributed by atoms with Crippen LogP contribution in [0.5, 0.6) is 0 Å². The van der Waals surface area contributed by atoms with Gasteiger partial charge in [-0.2, -0.15) is 0 Å². The number of nitrogens with zero attached hydrogens (tertiary/aromatic N) is 1. The van der Waals surface area contributed by atoms with Gasteiger partial charge in [-0.3, -0.25) is 14.9 Å². The summed E-state index contributed by atoms with van der Waals surface area (Å²) in [5.74, 6) is -0.943. The third-order valence-electron chi connectivity index (χ3n) is 2.83. The third-order valence-corrected chi connectivity index (χ3v) is 3.51. The molecule has 0 aliphatic carbocycles. The first-order valence-corrected chi connectivity index (χ1v) is 6.55. The molecule has 21 heavy (non-hydrogen) atoms. The zero-order valence-corrected chi connectivity index (χ0v) is 12.0. The zero-order valence-electron chi connectivity index (χ0n) is 10.5. The first-order valence-electron chi connectivity index (χ1n) is 5.79. The van der Waals surface area contributed by atoms with Gasteiger partial charge in [-0.05, 0) is 23.8 Å². The Morgan fingerprint density at radius 2 is 1.86 bits per heavy atom. The first-order chi connectivity index (χ1) is 9.88. The number of non-ortho nitro benzene ring substituents is 1. The molecule has 0 N–H and O–H groups in total. The maximum absolute atomic E-state index is 12.9. The number of benzene rings is 2. The summed E-state index contributed by atoms with van der Waals surface area (Å²) in [7, 11) is 0. The molecule has 0 spiro atoms. The van der Waals surface area contributed by atoms with Gasteiger partial charge in [-0.25, -0.2) is 4.39 Å². The van der Waals surface area contributed by atoms with Crippen molar-refractivity contribution in [1.82, 2.24) is 0 Å². The van der Waals surface area contributed by atoms with Crippen LogP contribution in [0.4, 0.5) is 10.1 Å². The maximum atomic E-state index is 12.9. The van der Waals surface area contributed by atoms with Gasteiger partial charge in [0.15, 0.2) is 5.78 Å². The quantitative estimate of drug-likeness (QED) is 0.473. The fourth-order valence-electron chi connectivity index (χ4n) is 1.77. The second kappa shape index (κ2) is 6.20. The van der Waals surface area contributed by atoms with E-state index in [1.807, 2.05) is 0 Å². The molecule has 0 saturated heterocycles. The lowest BCUT2D eigenvalue weighted by molar-refractivity contribution is -0.384. The lowest BCUT2D eigenvalue weighted by Crippen LogP contribution is -2.06. The van der Waals surface area contributed by atoms with E-state index < -0.39 is 16.5 Å². The molecule has 0 unspecified atom stereocenters. The summed E-state index contributed by atoms with van der Waals surface area (Å²) in [5.41, 5.74) is 0.227. The number of nitro benzene ring substituents is 1. The monoisotopic (exact) mass is 327 g/mol. The van der Waals surface area contributed by atoms with Crippen molar-refractivity contribution in [1.29, 1.82) is 0 Å². The minimum Gasteiger partial charge on any atom is -0.294 e. The molecule has 0 saturated carbocycles. The number of Topliss-reactive ketones (excluding diaryl/α,β-unsaturated/α-hetero) is 1. The van der Waals surface area contributed by atoms with Gasteiger partial charge in [0.05, 0.1) is 9.95 Å². The highest BCUT2D eigenvalue weighted by Gasteiger charge is 2.17. The van der Waals surface area contributed by atoms with Crippen LogP contribution in [0.3, 0.4) is 0 Å². The van der Waals surface area contributed by atoms with Gasteiger partial charge < -0.3 is 0 Å². The van der Waals surface area contributed by atoms with E-state index in [4.69, 9.17) is 23.2 Å². The molecule has 0 heterocycles. The Balaban J connectivity index is 2.32. The van der Waals surface area contributed by atoms with E-state index in [0.29, 0.717) is 5.56 Å². The molecule has 108 valence electrons. The predicted molar refractivity (Wildman–Crippen MR) is 77.6 cm³/mol. The van der Waals surface area contributed by atoms with Crippen LogP contribution >= 0.6 is 23.2 Å². The smallest absolute Gasteiger partial charge is 0.270 e. The SMILES string of the molecule is O=C(Cc1ccc(F)cc1Cl)c1cc([N+](=O)[O-])ccc1Cl. The summed E-state index contributed by atoms with van der Waals surface area (Å²) < 4.78 is 12.9. The standard InChI is InChI=1S/C14H8Cl2FNO3/c15-12-4-3-10(18(20)21)7-11(12)14(19)5-8-1-2-9(17)6-13(8)16/h1-4,6-7H,5H2. The van der Waals surface area contributed by atoms with Crippen molar-refractivity contribution in [3.05, 3.63) is 73.5 Å². The third kappa shape index (κ3) is 3.56. The Bertz CT molecular complexity index is 734. The molecule has 0 radical (unpaired) electrons. The van der Waals surface area contributed by atoms with Crippen molar-refractivity contribution in [2.75, 3.05) is 0 Å². The lowest BCUT2D eigenvalue weighted by Gasteiger charge is -2.06. The van der Waals surface area contributed by atoms with Gasteiger partial charge in [0.2, 0.25) is 0 Å². The fraction of sp³-hybridized carbons (Fsp3) is 0.0714. The lowest BCUT2D eigenvalue weighted by atomic mass is 10.0. The molecule has 0 aliphatic rings. The molecule has 2 rings (SSSR count). The van der Waals surface area contributed by atoms with Crippen LogP contribution in [0.25, 0.3) is 0 Å². The summed E-state index contributed by atoms with van der Waals surface area (Å²) in [6.07, 6.45) is -0.125. The highest BCUT2D eigenvalue weighted by atomic mass is 35.5. The summed E-state index contributed by atoms with van der Waals surface area (Å²) in [5, 5.41) is 11.0. The number of carbonyl (C=O) groups is 1. The van der Waals surface area contributed by atoms with Gasteiger partial charge in [0.1, 0.15) is 5.82 Å². The molecular weight excluding hydrogens is 320 g/mol. The van der Waals surface area contributed by atoms with E-state index >= 15 is 0 Å². The number of nitro groups is 1. The molecule has 4 nitrogen and oxygen atoms in total. The van der Waals surface area contributed by atoms with Crippen molar-refractivity contribution in [2.24, 2.45) is 0 Å². The minimum atomic E-state index is -0.613. The van der Waals surface area contributed by atoms with Crippen molar-refractivity contribution in [3.63, 3.8) is 0 Å². The van der Waals surface area contributed by atoms with E-state index in [9.17, 15) is 19.3 Å². The van der Waals surface area contributed by atoms with Gasteiger partial charge in [0.25, 0.3) is 5.69 Å². The average Bonchev–Trinajstić information content (AvgIpc) is 2.42. The largest absolute Gasteiger partial charge is 0.294 e. The number of rotatable bonds is 4. The van der Waals surface area contributed by atoms with E-state index in [1.54, 1.807) is 0 Å². The van der Waals surface area contributed by atoms with E-state index in [1.165, 1.54) is 24.3 Å². The molecule has 0 bridgehead atoms. The number of carbonyl (C=O) groups excluding carboxylic acids is 1. The number of halogens is 3. The Kier molecular flexibility index (Phi) is 4.55. The second-order valence-electron chi connectivity index (χ2n) is 4.26. The number of hydrogen-bond acceptors (Lipinski definition) is 3. The minimum absolute atomic E-state index is 0.0336. The van der Waals surface area contributed by atoms with Crippen LogP contribution in [-0.4, -0.2) is 10.7 Å². The van der Waals surface area contributed by atoms with Crippen molar-refractivity contribution in [2.45, 2.75) is 6.42 Å². The molecule has 0 aromatic heterocycles. The Morgan fingerprint density at radius 3 is 2.48 bits per heavy atom. The molecule has 2 aromatic carbocycles. The predicted octanol–water partition coefficient (Wildman–Crippen LogP) is 4.47. The Morgan fingerprint density at radius 1 is 1.14 bits per heavy atom.